The van der Waals surface area contributed by atoms with Crippen molar-refractivity contribution in [3.63, 3.8) is 0 Å². The van der Waals surface area contributed by atoms with E-state index in [-0.39, 0.29) is 24.0 Å². The molecule has 0 aliphatic carbocycles. The molecule has 6 nitrogen and oxygen atoms in total. The third kappa shape index (κ3) is 7.07. The van der Waals surface area contributed by atoms with E-state index >= 15 is 0 Å². The summed E-state index contributed by atoms with van der Waals surface area (Å²) in [7, 11) is 0. The van der Waals surface area contributed by atoms with Crippen molar-refractivity contribution >= 4 is 29.9 Å². The summed E-state index contributed by atoms with van der Waals surface area (Å²) >= 11 is 0. The number of guanidine groups is 1. The van der Waals surface area contributed by atoms with E-state index in [0.29, 0.717) is 0 Å². The highest BCUT2D eigenvalue weighted by molar-refractivity contribution is 14.0. The molecule has 0 fully saturated rings. The molecule has 0 radical (unpaired) electrons. The Balaban J connectivity index is 0.00000280. The fourth-order valence-corrected chi connectivity index (χ4v) is 3.47. The van der Waals surface area contributed by atoms with Crippen LogP contribution in [0.2, 0.25) is 0 Å². The Labute approximate surface area is 185 Å². The monoisotopic (exact) mass is 496 g/mol. The Morgan fingerprint density at radius 3 is 2.75 bits per heavy atom. The van der Waals surface area contributed by atoms with Crippen molar-refractivity contribution < 1.29 is 0 Å². The van der Waals surface area contributed by atoms with E-state index < -0.39 is 0 Å². The van der Waals surface area contributed by atoms with Gasteiger partial charge in [0.05, 0.1) is 0 Å². The highest BCUT2D eigenvalue weighted by Gasteiger charge is 2.13. The minimum atomic E-state index is 0. The van der Waals surface area contributed by atoms with Crippen molar-refractivity contribution in [3.8, 4) is 0 Å². The van der Waals surface area contributed by atoms with E-state index in [1.54, 1.807) is 0 Å². The van der Waals surface area contributed by atoms with Gasteiger partial charge in [-0.3, -0.25) is 4.99 Å². The Morgan fingerprint density at radius 2 is 1.93 bits per heavy atom. The average Bonchev–Trinajstić information content (AvgIpc) is 2.92. The normalized spacial score (nSPS) is 14.0. The molecule has 28 heavy (non-hydrogen) atoms. The van der Waals surface area contributed by atoms with Crippen LogP contribution in [0.25, 0.3) is 0 Å². The number of nitrogens with one attached hydrogen (secondary N) is 2. The minimum Gasteiger partial charge on any atom is -0.357 e. The summed E-state index contributed by atoms with van der Waals surface area (Å²) in [6.45, 7) is 5.72. The Morgan fingerprint density at radius 1 is 1.07 bits per heavy atom. The van der Waals surface area contributed by atoms with Gasteiger partial charge >= 0.3 is 0 Å². The lowest BCUT2D eigenvalue weighted by Crippen LogP contribution is -2.38. The summed E-state index contributed by atoms with van der Waals surface area (Å²) in [6, 6.07) is 10.5. The SMILES string of the molecule is CCNC(=NCCCc1nnc2n1CCCCC2)NCCc1ccccc1.I. The molecular weight excluding hydrogens is 463 g/mol. The molecule has 0 saturated heterocycles. The zero-order chi connectivity index (χ0) is 18.7. The topological polar surface area (TPSA) is 67.1 Å². The number of hydrogen-bond donors (Lipinski definition) is 2. The number of aromatic nitrogens is 3. The van der Waals surface area contributed by atoms with Crippen molar-refractivity contribution in [1.29, 1.82) is 0 Å². The first-order valence-electron chi connectivity index (χ1n) is 10.3. The van der Waals surface area contributed by atoms with Crippen LogP contribution in [0.5, 0.6) is 0 Å². The molecule has 0 bridgehead atoms. The molecule has 2 heterocycles. The quantitative estimate of drug-likeness (QED) is 0.255. The zero-order valence-electron chi connectivity index (χ0n) is 16.9. The number of fused-ring (bicyclic) bond motifs is 1. The Bertz CT molecular complexity index is 713. The number of benzene rings is 1. The first-order valence-corrected chi connectivity index (χ1v) is 10.3. The summed E-state index contributed by atoms with van der Waals surface area (Å²) in [6.07, 6.45) is 7.79. The molecular formula is C21H33IN6. The number of aryl methyl sites for hydroxylation is 2. The molecule has 1 aliphatic heterocycles. The van der Waals surface area contributed by atoms with Gasteiger partial charge in [-0.2, -0.15) is 0 Å². The van der Waals surface area contributed by atoms with E-state index in [1.807, 2.05) is 0 Å². The molecule has 0 saturated carbocycles. The van der Waals surface area contributed by atoms with Crippen LogP contribution < -0.4 is 10.6 Å². The molecule has 0 spiro atoms. The second kappa shape index (κ2) is 12.7. The van der Waals surface area contributed by atoms with Crippen molar-refractivity contribution in [1.82, 2.24) is 25.4 Å². The Kier molecular flexibility index (Phi) is 10.3. The number of nitrogens with zero attached hydrogens (tertiary/aromatic N) is 4. The lowest BCUT2D eigenvalue weighted by atomic mass is 10.1. The predicted molar refractivity (Wildman–Crippen MR) is 125 cm³/mol. The van der Waals surface area contributed by atoms with E-state index in [2.05, 4.69) is 62.7 Å². The molecule has 1 aromatic heterocycles. The van der Waals surface area contributed by atoms with Crippen molar-refractivity contribution in [2.75, 3.05) is 19.6 Å². The van der Waals surface area contributed by atoms with Gasteiger partial charge in [0.1, 0.15) is 11.6 Å². The van der Waals surface area contributed by atoms with Crippen LogP contribution >= 0.6 is 24.0 Å². The molecule has 154 valence electrons. The third-order valence-corrected chi connectivity index (χ3v) is 4.91. The lowest BCUT2D eigenvalue weighted by molar-refractivity contribution is 0.597. The van der Waals surface area contributed by atoms with Gasteiger partial charge in [-0.1, -0.05) is 36.8 Å². The van der Waals surface area contributed by atoms with Crippen LogP contribution in [0.15, 0.2) is 35.3 Å². The molecule has 1 aromatic carbocycles. The smallest absolute Gasteiger partial charge is 0.191 e. The number of halogens is 1. The summed E-state index contributed by atoms with van der Waals surface area (Å²) in [4.78, 5) is 4.71. The van der Waals surface area contributed by atoms with Crippen LogP contribution in [0.1, 0.15) is 49.8 Å². The average molecular weight is 496 g/mol. The standard InChI is InChI=1S/C21H32N6.HI/c1-2-22-21(24-16-14-18-10-5-3-6-11-18)23-15-9-13-20-26-25-19-12-7-4-8-17-27(19)20;/h3,5-6,10-11H,2,4,7-9,12-17H2,1H3,(H2,22,23,24);1H. The second-order valence-electron chi connectivity index (χ2n) is 7.02. The molecule has 0 unspecified atom stereocenters. The maximum Gasteiger partial charge on any atom is 0.191 e. The first kappa shape index (κ1) is 22.6. The van der Waals surface area contributed by atoms with Crippen LogP contribution in [-0.4, -0.2) is 40.4 Å². The maximum absolute atomic E-state index is 4.71. The van der Waals surface area contributed by atoms with Gasteiger partial charge in [-0.15, -0.1) is 34.2 Å². The third-order valence-electron chi connectivity index (χ3n) is 4.91. The van der Waals surface area contributed by atoms with Gasteiger partial charge in [0.2, 0.25) is 0 Å². The molecule has 0 amide bonds. The van der Waals surface area contributed by atoms with Gasteiger partial charge in [-0.25, -0.2) is 0 Å². The van der Waals surface area contributed by atoms with Crippen molar-refractivity contribution in [2.45, 2.75) is 58.4 Å². The second-order valence-corrected chi connectivity index (χ2v) is 7.02. The maximum atomic E-state index is 4.71. The van der Waals surface area contributed by atoms with E-state index in [0.717, 1.165) is 63.6 Å². The van der Waals surface area contributed by atoms with E-state index in [9.17, 15) is 0 Å². The van der Waals surface area contributed by atoms with Gasteiger partial charge in [0, 0.05) is 39.0 Å². The summed E-state index contributed by atoms with van der Waals surface area (Å²) in [5, 5.41) is 15.5. The van der Waals surface area contributed by atoms with Crippen LogP contribution in [0, 0.1) is 0 Å². The highest BCUT2D eigenvalue weighted by Crippen LogP contribution is 2.15. The van der Waals surface area contributed by atoms with E-state index in [1.165, 1.54) is 30.7 Å². The fraction of sp³-hybridized carbons (Fsp3) is 0.571. The minimum absolute atomic E-state index is 0. The van der Waals surface area contributed by atoms with E-state index in [4.69, 9.17) is 4.99 Å². The lowest BCUT2D eigenvalue weighted by Gasteiger charge is -2.11. The molecule has 2 N–H and O–H groups in total. The fourth-order valence-electron chi connectivity index (χ4n) is 3.47. The summed E-state index contributed by atoms with van der Waals surface area (Å²) in [5.41, 5.74) is 1.34. The first-order chi connectivity index (χ1) is 13.4. The molecule has 3 rings (SSSR count). The highest BCUT2D eigenvalue weighted by atomic mass is 127. The largest absolute Gasteiger partial charge is 0.357 e. The van der Waals surface area contributed by atoms with Gasteiger partial charge in [0.15, 0.2) is 5.96 Å². The number of rotatable bonds is 8. The number of hydrogen-bond acceptors (Lipinski definition) is 3. The molecule has 1 aliphatic rings. The van der Waals surface area contributed by atoms with Crippen molar-refractivity contribution in [2.24, 2.45) is 4.99 Å². The molecule has 7 heteroatoms. The molecule has 2 aromatic rings. The van der Waals surface area contributed by atoms with Crippen molar-refractivity contribution in [3.05, 3.63) is 47.5 Å². The van der Waals surface area contributed by atoms with Crippen LogP contribution in [0.4, 0.5) is 0 Å². The predicted octanol–water partition coefficient (Wildman–Crippen LogP) is 3.35. The van der Waals surface area contributed by atoms with Gasteiger partial charge in [0.25, 0.3) is 0 Å². The van der Waals surface area contributed by atoms with Gasteiger partial charge < -0.3 is 15.2 Å². The van der Waals surface area contributed by atoms with Crippen LogP contribution in [0.3, 0.4) is 0 Å². The summed E-state index contributed by atoms with van der Waals surface area (Å²) in [5.74, 6) is 3.19. The van der Waals surface area contributed by atoms with Crippen LogP contribution in [-0.2, 0) is 25.8 Å². The number of aliphatic imine (C=N–C) groups is 1. The zero-order valence-corrected chi connectivity index (χ0v) is 19.2. The summed E-state index contributed by atoms with van der Waals surface area (Å²) < 4.78 is 2.33. The Hall–Kier alpha value is -1.64. The molecule has 0 atom stereocenters. The van der Waals surface area contributed by atoms with Gasteiger partial charge in [-0.05, 0) is 38.2 Å².